The van der Waals surface area contributed by atoms with Crippen LogP contribution in [0.1, 0.15) is 55.3 Å². The quantitative estimate of drug-likeness (QED) is 0.654. The highest BCUT2D eigenvalue weighted by molar-refractivity contribution is 5.32. The molecule has 1 aliphatic rings. The van der Waals surface area contributed by atoms with Crippen LogP contribution in [0.15, 0.2) is 18.2 Å². The maximum absolute atomic E-state index is 5.99. The van der Waals surface area contributed by atoms with Crippen LogP contribution in [-0.4, -0.2) is 12.7 Å². The van der Waals surface area contributed by atoms with Crippen LogP contribution in [0.3, 0.4) is 0 Å². The molecule has 1 fully saturated rings. The summed E-state index contributed by atoms with van der Waals surface area (Å²) in [6.07, 6.45) is 4.62. The Labute approximate surface area is 122 Å². The first-order valence-electron chi connectivity index (χ1n) is 7.60. The molecule has 3 heteroatoms. The van der Waals surface area contributed by atoms with E-state index < -0.39 is 0 Å². The molecule has 0 saturated heterocycles. The fourth-order valence-corrected chi connectivity index (χ4v) is 3.84. The third-order valence-electron chi connectivity index (χ3n) is 4.67. The van der Waals surface area contributed by atoms with Crippen molar-refractivity contribution in [1.29, 1.82) is 0 Å². The fraction of sp³-hybridized carbons (Fsp3) is 0.647. The van der Waals surface area contributed by atoms with Gasteiger partial charge in [-0.2, -0.15) is 0 Å². The summed E-state index contributed by atoms with van der Waals surface area (Å²) in [5.41, 5.74) is 6.63. The number of hydrogen-bond acceptors (Lipinski definition) is 3. The van der Waals surface area contributed by atoms with E-state index in [0.717, 1.165) is 12.8 Å². The Bertz CT molecular complexity index is 440. The minimum atomic E-state index is -0.188. The first-order chi connectivity index (χ1) is 9.50. The van der Waals surface area contributed by atoms with Crippen LogP contribution in [0.4, 0.5) is 0 Å². The molecule has 3 atom stereocenters. The van der Waals surface area contributed by atoms with E-state index in [1.165, 1.54) is 29.5 Å². The molecule has 0 bridgehead atoms. The molecule has 2 rings (SSSR count). The first-order valence-corrected chi connectivity index (χ1v) is 7.60. The Morgan fingerprint density at radius 3 is 2.45 bits per heavy atom. The number of ether oxygens (including phenoxy) is 1. The molecule has 0 aromatic heterocycles. The number of benzene rings is 1. The normalized spacial score (nSPS) is 28.4. The number of nitrogens with two attached hydrogens (primary N) is 1. The molecule has 3 unspecified atom stereocenters. The van der Waals surface area contributed by atoms with Gasteiger partial charge in [-0.1, -0.05) is 49.1 Å². The van der Waals surface area contributed by atoms with Gasteiger partial charge in [0, 0.05) is 7.11 Å². The predicted octanol–water partition coefficient (Wildman–Crippen LogP) is 3.40. The lowest BCUT2D eigenvalue weighted by Gasteiger charge is -2.44. The number of nitrogens with one attached hydrogen (secondary N) is 1. The third kappa shape index (κ3) is 3.05. The largest absolute Gasteiger partial charge is 0.376 e. The van der Waals surface area contributed by atoms with Crippen LogP contribution in [0.25, 0.3) is 0 Å². The van der Waals surface area contributed by atoms with E-state index in [1.54, 1.807) is 0 Å². The Kier molecular flexibility index (Phi) is 4.84. The number of aryl methyl sites for hydroxylation is 2. The van der Waals surface area contributed by atoms with Crippen LogP contribution in [-0.2, 0) is 4.74 Å². The molecular weight excluding hydrogens is 248 g/mol. The summed E-state index contributed by atoms with van der Waals surface area (Å²) in [6, 6.07) is 6.68. The highest BCUT2D eigenvalue weighted by atomic mass is 16.5. The van der Waals surface area contributed by atoms with Crippen molar-refractivity contribution in [2.45, 2.75) is 58.1 Å². The number of methoxy groups -OCH3 is 1. The summed E-state index contributed by atoms with van der Waals surface area (Å²) in [4.78, 5) is 0. The van der Waals surface area contributed by atoms with Gasteiger partial charge in [0.15, 0.2) is 0 Å². The zero-order valence-corrected chi connectivity index (χ0v) is 13.2. The summed E-state index contributed by atoms with van der Waals surface area (Å²) in [6.45, 7) is 6.57. The topological polar surface area (TPSA) is 47.3 Å². The second-order valence-corrected chi connectivity index (χ2v) is 6.49. The van der Waals surface area contributed by atoms with Crippen LogP contribution in [0.5, 0.6) is 0 Å². The van der Waals surface area contributed by atoms with Gasteiger partial charge in [-0.25, -0.2) is 0 Å². The van der Waals surface area contributed by atoms with Gasteiger partial charge in [0.25, 0.3) is 0 Å². The van der Waals surface area contributed by atoms with Crippen molar-refractivity contribution in [2.75, 3.05) is 7.11 Å². The van der Waals surface area contributed by atoms with Gasteiger partial charge >= 0.3 is 0 Å². The molecule has 3 nitrogen and oxygen atoms in total. The van der Waals surface area contributed by atoms with Crippen molar-refractivity contribution in [3.05, 3.63) is 34.9 Å². The standard InChI is InChI=1S/C17H28N2O/c1-12-6-5-7-17(11-12,20-4)16(19-18)15-9-13(2)8-14(3)10-15/h8-10,12,16,19H,5-7,11,18H2,1-4H3. The molecule has 1 aliphatic carbocycles. The molecule has 20 heavy (non-hydrogen) atoms. The van der Waals surface area contributed by atoms with E-state index >= 15 is 0 Å². The zero-order chi connectivity index (χ0) is 14.8. The SMILES string of the molecule is COC1(C(NN)c2cc(C)cc(C)c2)CCCC(C)C1. The highest BCUT2D eigenvalue weighted by Gasteiger charge is 2.42. The fourth-order valence-electron chi connectivity index (χ4n) is 3.84. The van der Waals surface area contributed by atoms with Crippen molar-refractivity contribution in [3.63, 3.8) is 0 Å². The van der Waals surface area contributed by atoms with Gasteiger partial charge in [0.2, 0.25) is 0 Å². The third-order valence-corrected chi connectivity index (χ3v) is 4.67. The van der Waals surface area contributed by atoms with Gasteiger partial charge in [-0.3, -0.25) is 11.3 Å². The van der Waals surface area contributed by atoms with Gasteiger partial charge < -0.3 is 4.74 Å². The molecular formula is C17H28N2O. The average molecular weight is 276 g/mol. The molecule has 3 N–H and O–H groups in total. The van der Waals surface area contributed by atoms with Crippen LogP contribution in [0.2, 0.25) is 0 Å². The smallest absolute Gasteiger partial charge is 0.0888 e. The van der Waals surface area contributed by atoms with Crippen molar-refractivity contribution in [2.24, 2.45) is 11.8 Å². The van der Waals surface area contributed by atoms with E-state index in [0.29, 0.717) is 5.92 Å². The number of rotatable bonds is 4. The molecule has 1 aromatic rings. The van der Waals surface area contributed by atoms with Gasteiger partial charge in [-0.15, -0.1) is 0 Å². The van der Waals surface area contributed by atoms with E-state index in [2.05, 4.69) is 44.4 Å². The van der Waals surface area contributed by atoms with Gasteiger partial charge in [-0.05, 0) is 38.2 Å². The number of hydrazine groups is 1. The monoisotopic (exact) mass is 276 g/mol. The summed E-state index contributed by atoms with van der Waals surface area (Å²) < 4.78 is 5.99. The lowest BCUT2D eigenvalue weighted by molar-refractivity contribution is -0.0806. The molecule has 1 saturated carbocycles. The van der Waals surface area contributed by atoms with Crippen molar-refractivity contribution in [1.82, 2.24) is 5.43 Å². The Morgan fingerprint density at radius 1 is 1.30 bits per heavy atom. The maximum atomic E-state index is 5.99. The minimum absolute atomic E-state index is 0.0499. The lowest BCUT2D eigenvalue weighted by Crippen LogP contribution is -2.50. The maximum Gasteiger partial charge on any atom is 0.0888 e. The van der Waals surface area contributed by atoms with E-state index in [1.807, 2.05) is 7.11 Å². The predicted molar refractivity (Wildman–Crippen MR) is 83.4 cm³/mol. The Hall–Kier alpha value is -0.900. The zero-order valence-electron chi connectivity index (χ0n) is 13.2. The Balaban J connectivity index is 2.38. The molecule has 0 heterocycles. The second kappa shape index (κ2) is 6.25. The van der Waals surface area contributed by atoms with Crippen LogP contribution in [0, 0.1) is 19.8 Å². The van der Waals surface area contributed by atoms with Crippen LogP contribution >= 0.6 is 0 Å². The first kappa shape index (κ1) is 15.5. The molecule has 0 amide bonds. The second-order valence-electron chi connectivity index (χ2n) is 6.49. The van der Waals surface area contributed by atoms with Gasteiger partial charge in [0.1, 0.15) is 0 Å². The summed E-state index contributed by atoms with van der Waals surface area (Å²) in [5.74, 6) is 6.60. The van der Waals surface area contributed by atoms with Crippen molar-refractivity contribution < 1.29 is 4.74 Å². The summed E-state index contributed by atoms with van der Waals surface area (Å²) >= 11 is 0. The molecule has 112 valence electrons. The minimum Gasteiger partial charge on any atom is -0.376 e. The van der Waals surface area contributed by atoms with Crippen molar-refractivity contribution >= 4 is 0 Å². The number of hydrogen-bond donors (Lipinski definition) is 2. The average Bonchev–Trinajstić information content (AvgIpc) is 2.38. The van der Waals surface area contributed by atoms with Crippen LogP contribution < -0.4 is 11.3 Å². The summed E-state index contributed by atoms with van der Waals surface area (Å²) in [5, 5.41) is 0. The highest BCUT2D eigenvalue weighted by Crippen LogP contribution is 2.43. The van der Waals surface area contributed by atoms with E-state index in [9.17, 15) is 0 Å². The molecule has 1 aromatic carbocycles. The molecule has 0 aliphatic heterocycles. The molecule has 0 radical (unpaired) electrons. The van der Waals surface area contributed by atoms with Gasteiger partial charge in [0.05, 0.1) is 11.6 Å². The molecule has 0 spiro atoms. The van der Waals surface area contributed by atoms with Crippen molar-refractivity contribution in [3.8, 4) is 0 Å². The Morgan fingerprint density at radius 2 is 1.95 bits per heavy atom. The van der Waals surface area contributed by atoms with E-state index in [4.69, 9.17) is 10.6 Å². The van der Waals surface area contributed by atoms with E-state index in [-0.39, 0.29) is 11.6 Å². The summed E-state index contributed by atoms with van der Waals surface area (Å²) in [7, 11) is 1.82. The lowest BCUT2D eigenvalue weighted by atomic mass is 9.72.